The molecule has 0 aromatic heterocycles. The second-order valence-corrected chi connectivity index (χ2v) is 5.61. The standard InChI is InChI=1S/C15H17FN2O5/c1-9(17-6-4-10(5-7-17)15(20)21)14(19)11-2-3-12(16)13(8-11)18(22)23/h2-3,8-10H,4-7H2,1H3,(H,20,21). The van der Waals surface area contributed by atoms with Gasteiger partial charge in [-0.15, -0.1) is 0 Å². The van der Waals surface area contributed by atoms with Crippen molar-refractivity contribution in [3.63, 3.8) is 0 Å². The Balaban J connectivity index is 2.10. The number of Topliss-reactive ketones (excluding diaryl/α,β-unsaturated/α-hetero) is 1. The Labute approximate surface area is 131 Å². The van der Waals surface area contributed by atoms with Crippen molar-refractivity contribution in [2.75, 3.05) is 13.1 Å². The summed E-state index contributed by atoms with van der Waals surface area (Å²) in [5.41, 5.74) is -0.654. The van der Waals surface area contributed by atoms with Crippen LogP contribution in [0, 0.1) is 21.8 Å². The Hall–Kier alpha value is -2.35. The number of nitro groups is 1. The zero-order valence-corrected chi connectivity index (χ0v) is 12.6. The average Bonchev–Trinajstić information content (AvgIpc) is 2.53. The summed E-state index contributed by atoms with van der Waals surface area (Å²) >= 11 is 0. The highest BCUT2D eigenvalue weighted by Gasteiger charge is 2.30. The van der Waals surface area contributed by atoms with E-state index in [1.165, 1.54) is 6.07 Å². The smallest absolute Gasteiger partial charge is 0.306 e. The van der Waals surface area contributed by atoms with Gasteiger partial charge in [-0.1, -0.05) is 0 Å². The lowest BCUT2D eigenvalue weighted by molar-refractivity contribution is -0.387. The first-order chi connectivity index (χ1) is 10.8. The van der Waals surface area contributed by atoms with Crippen LogP contribution in [0.4, 0.5) is 10.1 Å². The number of hydrogen-bond donors (Lipinski definition) is 1. The molecule has 124 valence electrons. The Kier molecular flexibility index (Phi) is 5.05. The van der Waals surface area contributed by atoms with Gasteiger partial charge in [0.25, 0.3) is 0 Å². The summed E-state index contributed by atoms with van der Waals surface area (Å²) in [6, 6.07) is 2.53. The quantitative estimate of drug-likeness (QED) is 0.506. The number of carboxylic acids is 1. The Morgan fingerprint density at radius 2 is 2.00 bits per heavy atom. The third kappa shape index (κ3) is 3.70. The number of ketones is 1. The SMILES string of the molecule is CC(C(=O)c1ccc(F)c([N+](=O)[O-])c1)N1CCC(C(=O)O)CC1. The fourth-order valence-corrected chi connectivity index (χ4v) is 2.75. The van der Waals surface area contributed by atoms with E-state index in [0.717, 1.165) is 12.1 Å². The first-order valence-electron chi connectivity index (χ1n) is 7.26. The predicted octanol–water partition coefficient (Wildman–Crippen LogP) is 2.10. The van der Waals surface area contributed by atoms with E-state index in [4.69, 9.17) is 5.11 Å². The van der Waals surface area contributed by atoms with Gasteiger partial charge in [0.15, 0.2) is 5.78 Å². The van der Waals surface area contributed by atoms with Gasteiger partial charge in [-0.2, -0.15) is 4.39 Å². The molecule has 0 radical (unpaired) electrons. The zero-order valence-electron chi connectivity index (χ0n) is 12.6. The van der Waals surface area contributed by atoms with Crippen LogP contribution in [-0.2, 0) is 4.79 Å². The molecule has 1 N–H and O–H groups in total. The molecule has 1 saturated heterocycles. The van der Waals surface area contributed by atoms with Gasteiger partial charge in [-0.05, 0) is 45.0 Å². The predicted molar refractivity (Wildman–Crippen MR) is 78.8 cm³/mol. The number of aliphatic carboxylic acids is 1. The number of halogens is 1. The van der Waals surface area contributed by atoms with Gasteiger partial charge >= 0.3 is 11.7 Å². The van der Waals surface area contributed by atoms with E-state index < -0.39 is 34.4 Å². The lowest BCUT2D eigenvalue weighted by atomic mass is 9.94. The zero-order chi connectivity index (χ0) is 17.1. The molecule has 1 fully saturated rings. The lowest BCUT2D eigenvalue weighted by Crippen LogP contribution is -2.45. The molecule has 1 aliphatic rings. The van der Waals surface area contributed by atoms with Crippen molar-refractivity contribution >= 4 is 17.4 Å². The fraction of sp³-hybridized carbons (Fsp3) is 0.467. The van der Waals surface area contributed by atoms with Gasteiger partial charge in [0.2, 0.25) is 5.82 Å². The number of piperidine rings is 1. The van der Waals surface area contributed by atoms with Crippen LogP contribution in [0.25, 0.3) is 0 Å². The minimum atomic E-state index is -0.985. The van der Waals surface area contributed by atoms with Crippen molar-refractivity contribution in [1.82, 2.24) is 4.90 Å². The van der Waals surface area contributed by atoms with Crippen molar-refractivity contribution < 1.29 is 24.0 Å². The summed E-state index contributed by atoms with van der Waals surface area (Å²) in [5.74, 6) is -2.57. The summed E-state index contributed by atoms with van der Waals surface area (Å²) in [4.78, 5) is 35.1. The molecule has 0 aliphatic carbocycles. The topological polar surface area (TPSA) is 101 Å². The largest absolute Gasteiger partial charge is 0.481 e. The molecule has 1 unspecified atom stereocenters. The molecule has 23 heavy (non-hydrogen) atoms. The molecule has 2 rings (SSSR count). The van der Waals surface area contributed by atoms with E-state index in [9.17, 15) is 24.1 Å². The van der Waals surface area contributed by atoms with E-state index in [1.54, 1.807) is 6.92 Å². The number of likely N-dealkylation sites (tertiary alicyclic amines) is 1. The first kappa shape index (κ1) is 17.0. The van der Waals surface area contributed by atoms with Crippen LogP contribution in [0.1, 0.15) is 30.1 Å². The monoisotopic (exact) mass is 324 g/mol. The van der Waals surface area contributed by atoms with Crippen molar-refractivity contribution in [2.45, 2.75) is 25.8 Å². The molecule has 1 aliphatic heterocycles. The maximum atomic E-state index is 13.3. The van der Waals surface area contributed by atoms with Crippen LogP contribution in [0.5, 0.6) is 0 Å². The maximum absolute atomic E-state index is 13.3. The van der Waals surface area contributed by atoms with Gasteiger partial charge in [0.1, 0.15) is 0 Å². The molecular weight excluding hydrogens is 307 g/mol. The van der Waals surface area contributed by atoms with Gasteiger partial charge < -0.3 is 5.11 Å². The molecule has 1 aromatic rings. The highest BCUT2D eigenvalue weighted by molar-refractivity contribution is 6.00. The number of carboxylic acid groups (broad SMARTS) is 1. The summed E-state index contributed by atoms with van der Waals surface area (Å²) in [7, 11) is 0. The van der Waals surface area contributed by atoms with Crippen LogP contribution in [0.2, 0.25) is 0 Å². The van der Waals surface area contributed by atoms with Crippen LogP contribution in [-0.4, -0.2) is 45.8 Å². The highest BCUT2D eigenvalue weighted by atomic mass is 19.1. The van der Waals surface area contributed by atoms with E-state index in [0.29, 0.717) is 25.9 Å². The van der Waals surface area contributed by atoms with Gasteiger partial charge in [-0.3, -0.25) is 24.6 Å². The second kappa shape index (κ2) is 6.82. The molecule has 0 bridgehead atoms. The van der Waals surface area contributed by atoms with E-state index in [1.807, 2.05) is 4.90 Å². The molecule has 0 saturated carbocycles. The fourth-order valence-electron chi connectivity index (χ4n) is 2.75. The normalized spacial score (nSPS) is 17.7. The number of rotatable bonds is 5. The molecule has 0 amide bonds. The van der Waals surface area contributed by atoms with Gasteiger partial charge in [-0.25, -0.2) is 0 Å². The minimum absolute atomic E-state index is 0.0750. The van der Waals surface area contributed by atoms with Crippen LogP contribution in [0.3, 0.4) is 0 Å². The molecule has 0 spiro atoms. The average molecular weight is 324 g/mol. The van der Waals surface area contributed by atoms with Crippen molar-refractivity contribution in [2.24, 2.45) is 5.92 Å². The van der Waals surface area contributed by atoms with Crippen LogP contribution in [0.15, 0.2) is 18.2 Å². The summed E-state index contributed by atoms with van der Waals surface area (Å²) < 4.78 is 13.3. The van der Waals surface area contributed by atoms with Gasteiger partial charge in [0.05, 0.1) is 16.9 Å². The maximum Gasteiger partial charge on any atom is 0.306 e. The molecule has 1 atom stereocenters. The van der Waals surface area contributed by atoms with Gasteiger partial charge in [0, 0.05) is 11.6 Å². The molecular formula is C15H17FN2O5. The molecule has 1 aromatic carbocycles. The Morgan fingerprint density at radius 3 is 2.52 bits per heavy atom. The lowest BCUT2D eigenvalue weighted by Gasteiger charge is -2.33. The van der Waals surface area contributed by atoms with Crippen LogP contribution < -0.4 is 0 Å². The number of nitro benzene ring substituents is 1. The van der Waals surface area contributed by atoms with E-state index >= 15 is 0 Å². The second-order valence-electron chi connectivity index (χ2n) is 5.61. The van der Waals surface area contributed by atoms with Crippen molar-refractivity contribution in [3.8, 4) is 0 Å². The molecule has 8 heteroatoms. The van der Waals surface area contributed by atoms with Crippen molar-refractivity contribution in [1.29, 1.82) is 0 Å². The number of nitrogens with zero attached hydrogens (tertiary/aromatic N) is 2. The summed E-state index contributed by atoms with van der Waals surface area (Å²) in [6.45, 7) is 2.60. The first-order valence-corrected chi connectivity index (χ1v) is 7.26. The Morgan fingerprint density at radius 1 is 1.39 bits per heavy atom. The molecule has 7 nitrogen and oxygen atoms in total. The van der Waals surface area contributed by atoms with Crippen molar-refractivity contribution in [3.05, 3.63) is 39.7 Å². The minimum Gasteiger partial charge on any atom is -0.481 e. The third-order valence-corrected chi connectivity index (χ3v) is 4.23. The van der Waals surface area contributed by atoms with E-state index in [2.05, 4.69) is 0 Å². The van der Waals surface area contributed by atoms with Crippen LogP contribution >= 0.6 is 0 Å². The Bertz CT molecular complexity index is 641. The third-order valence-electron chi connectivity index (χ3n) is 4.23. The summed E-state index contributed by atoms with van der Waals surface area (Å²) in [6.07, 6.45) is 0.910. The summed E-state index contributed by atoms with van der Waals surface area (Å²) in [5, 5.41) is 19.7. The number of carbonyl (C=O) groups excluding carboxylic acids is 1. The van der Waals surface area contributed by atoms with E-state index in [-0.39, 0.29) is 11.3 Å². The molecule has 1 heterocycles. The number of benzene rings is 1. The highest BCUT2D eigenvalue weighted by Crippen LogP contribution is 2.23. The number of carbonyl (C=O) groups is 2. The number of hydrogen-bond acceptors (Lipinski definition) is 5.